The second-order valence-corrected chi connectivity index (χ2v) is 5.98. The Balaban J connectivity index is 1.78. The third-order valence-electron chi connectivity index (χ3n) is 3.74. The summed E-state index contributed by atoms with van der Waals surface area (Å²) in [6.07, 6.45) is 0. The fourth-order valence-corrected chi connectivity index (χ4v) is 3.94. The zero-order valence-electron chi connectivity index (χ0n) is 11.3. The van der Waals surface area contributed by atoms with Gasteiger partial charge >= 0.3 is 0 Å². The Bertz CT molecular complexity index is 538. The summed E-state index contributed by atoms with van der Waals surface area (Å²) in [5.41, 5.74) is 2.86. The summed E-state index contributed by atoms with van der Waals surface area (Å²) in [5, 5.41) is 0. The first-order chi connectivity index (χ1) is 9.38. The lowest BCUT2D eigenvalue weighted by atomic mass is 10.0. The van der Waals surface area contributed by atoms with Crippen molar-refractivity contribution in [2.75, 3.05) is 23.7 Å². The molecule has 1 aliphatic heterocycles. The molecule has 0 saturated carbocycles. The maximum atomic E-state index is 2.48. The van der Waals surface area contributed by atoms with E-state index in [0.717, 1.165) is 13.1 Å². The third-order valence-corrected chi connectivity index (χ3v) is 4.99. The smallest absolute Gasteiger partial charge is 0.0366 e. The Morgan fingerprint density at radius 3 is 2.58 bits per heavy atom. The summed E-state index contributed by atoms with van der Waals surface area (Å²) in [6, 6.07) is 19.6. The summed E-state index contributed by atoms with van der Waals surface area (Å²) in [5.74, 6) is 1.87. The van der Waals surface area contributed by atoms with Crippen molar-refractivity contribution in [2.45, 2.75) is 17.7 Å². The average Bonchev–Trinajstić information content (AvgIpc) is 2.89. The summed E-state index contributed by atoms with van der Waals surface area (Å²) < 4.78 is 0. The van der Waals surface area contributed by atoms with Gasteiger partial charge < -0.3 is 4.90 Å². The van der Waals surface area contributed by atoms with Crippen molar-refractivity contribution in [1.29, 1.82) is 0 Å². The van der Waals surface area contributed by atoms with Crippen molar-refractivity contribution in [1.82, 2.24) is 0 Å². The highest BCUT2D eigenvalue weighted by Gasteiger charge is 2.24. The fraction of sp³-hybridized carbons (Fsp3) is 0.294. The predicted octanol–water partition coefficient (Wildman–Crippen LogP) is 4.40. The number of nitrogens with zero attached hydrogens (tertiary/aromatic N) is 1. The Morgan fingerprint density at radius 1 is 1.05 bits per heavy atom. The third kappa shape index (κ3) is 2.64. The Labute approximate surface area is 119 Å². The van der Waals surface area contributed by atoms with Crippen LogP contribution in [0.15, 0.2) is 59.5 Å². The van der Waals surface area contributed by atoms with Crippen LogP contribution in [-0.2, 0) is 0 Å². The SMILES string of the molecule is CCN(CC1CSc2ccccc21)c1ccccc1. The maximum Gasteiger partial charge on any atom is 0.0366 e. The number of rotatable bonds is 4. The van der Waals surface area contributed by atoms with Crippen LogP contribution in [0.5, 0.6) is 0 Å². The van der Waals surface area contributed by atoms with Gasteiger partial charge in [0.25, 0.3) is 0 Å². The maximum absolute atomic E-state index is 2.48. The van der Waals surface area contributed by atoms with Crippen LogP contribution in [0.25, 0.3) is 0 Å². The highest BCUT2D eigenvalue weighted by molar-refractivity contribution is 7.99. The number of anilines is 1. The topological polar surface area (TPSA) is 3.24 Å². The van der Waals surface area contributed by atoms with Crippen LogP contribution in [0.1, 0.15) is 18.4 Å². The largest absolute Gasteiger partial charge is 0.371 e. The molecule has 0 saturated heterocycles. The first kappa shape index (κ1) is 12.6. The van der Waals surface area contributed by atoms with Gasteiger partial charge in [-0.2, -0.15) is 0 Å². The second kappa shape index (κ2) is 5.70. The number of para-hydroxylation sites is 1. The van der Waals surface area contributed by atoms with Crippen LogP contribution in [0, 0.1) is 0 Å². The molecule has 2 aromatic rings. The first-order valence-corrected chi connectivity index (χ1v) is 7.88. The lowest BCUT2D eigenvalue weighted by Gasteiger charge is -2.26. The van der Waals surface area contributed by atoms with E-state index < -0.39 is 0 Å². The summed E-state index contributed by atoms with van der Waals surface area (Å²) in [7, 11) is 0. The molecule has 0 spiro atoms. The molecule has 1 heterocycles. The van der Waals surface area contributed by atoms with E-state index in [2.05, 4.69) is 66.4 Å². The number of likely N-dealkylation sites (N-methyl/N-ethyl adjacent to an activating group) is 1. The summed E-state index contributed by atoms with van der Waals surface area (Å²) in [4.78, 5) is 3.95. The molecule has 2 heteroatoms. The molecular formula is C17H19NS. The molecule has 0 aromatic heterocycles. The van der Waals surface area contributed by atoms with E-state index >= 15 is 0 Å². The number of fused-ring (bicyclic) bond motifs is 1. The molecular weight excluding hydrogens is 250 g/mol. The number of benzene rings is 2. The van der Waals surface area contributed by atoms with Gasteiger partial charge in [0.2, 0.25) is 0 Å². The van der Waals surface area contributed by atoms with E-state index in [4.69, 9.17) is 0 Å². The molecule has 0 aliphatic carbocycles. The van der Waals surface area contributed by atoms with Gasteiger partial charge in [0.05, 0.1) is 0 Å². The van der Waals surface area contributed by atoms with E-state index in [1.165, 1.54) is 21.9 Å². The Kier molecular flexibility index (Phi) is 3.79. The quantitative estimate of drug-likeness (QED) is 0.809. The normalized spacial score (nSPS) is 17.2. The predicted molar refractivity (Wildman–Crippen MR) is 84.2 cm³/mol. The molecule has 1 unspecified atom stereocenters. The molecule has 3 rings (SSSR count). The monoisotopic (exact) mass is 269 g/mol. The second-order valence-electron chi connectivity index (χ2n) is 4.92. The minimum absolute atomic E-state index is 0.654. The van der Waals surface area contributed by atoms with E-state index in [9.17, 15) is 0 Å². The molecule has 98 valence electrons. The van der Waals surface area contributed by atoms with Crippen molar-refractivity contribution in [3.8, 4) is 0 Å². The lowest BCUT2D eigenvalue weighted by molar-refractivity contribution is 0.711. The molecule has 1 atom stereocenters. The number of hydrogen-bond acceptors (Lipinski definition) is 2. The fourth-order valence-electron chi connectivity index (χ4n) is 2.70. The van der Waals surface area contributed by atoms with Gasteiger partial charge in [-0.1, -0.05) is 36.4 Å². The van der Waals surface area contributed by atoms with Gasteiger partial charge in [-0.25, -0.2) is 0 Å². The van der Waals surface area contributed by atoms with Crippen molar-refractivity contribution < 1.29 is 0 Å². The highest BCUT2D eigenvalue weighted by atomic mass is 32.2. The molecule has 19 heavy (non-hydrogen) atoms. The average molecular weight is 269 g/mol. The van der Waals surface area contributed by atoms with Gasteiger partial charge in [0.1, 0.15) is 0 Å². The van der Waals surface area contributed by atoms with Crippen LogP contribution in [-0.4, -0.2) is 18.8 Å². The van der Waals surface area contributed by atoms with E-state index in [1.807, 2.05) is 11.8 Å². The molecule has 2 aromatic carbocycles. The minimum atomic E-state index is 0.654. The molecule has 1 aliphatic rings. The van der Waals surface area contributed by atoms with Gasteiger partial charge in [-0.3, -0.25) is 0 Å². The van der Waals surface area contributed by atoms with Crippen LogP contribution in [0.2, 0.25) is 0 Å². The van der Waals surface area contributed by atoms with E-state index in [0.29, 0.717) is 5.92 Å². The molecule has 0 bridgehead atoms. The molecule has 0 fully saturated rings. The minimum Gasteiger partial charge on any atom is -0.371 e. The van der Waals surface area contributed by atoms with Gasteiger partial charge in [0.15, 0.2) is 0 Å². The van der Waals surface area contributed by atoms with Gasteiger partial charge in [-0.05, 0) is 30.7 Å². The number of thioether (sulfide) groups is 1. The highest BCUT2D eigenvalue weighted by Crippen LogP contribution is 2.40. The number of hydrogen-bond donors (Lipinski definition) is 0. The van der Waals surface area contributed by atoms with Crippen molar-refractivity contribution in [3.05, 3.63) is 60.2 Å². The van der Waals surface area contributed by atoms with E-state index in [-0.39, 0.29) is 0 Å². The summed E-state index contributed by atoms with van der Waals surface area (Å²) in [6.45, 7) is 4.42. The van der Waals surface area contributed by atoms with E-state index in [1.54, 1.807) is 0 Å². The lowest BCUT2D eigenvalue weighted by Crippen LogP contribution is -2.28. The molecule has 0 N–H and O–H groups in total. The first-order valence-electron chi connectivity index (χ1n) is 6.90. The molecule has 0 amide bonds. The van der Waals surface area contributed by atoms with Crippen LogP contribution in [0.3, 0.4) is 0 Å². The zero-order chi connectivity index (χ0) is 13.1. The van der Waals surface area contributed by atoms with Crippen LogP contribution in [0.4, 0.5) is 5.69 Å². The van der Waals surface area contributed by atoms with Crippen molar-refractivity contribution in [2.24, 2.45) is 0 Å². The Morgan fingerprint density at radius 2 is 1.79 bits per heavy atom. The van der Waals surface area contributed by atoms with Crippen LogP contribution >= 0.6 is 11.8 Å². The van der Waals surface area contributed by atoms with Crippen molar-refractivity contribution >= 4 is 17.4 Å². The standard InChI is InChI=1S/C17H19NS/c1-2-18(15-8-4-3-5-9-15)12-14-13-19-17-11-7-6-10-16(14)17/h3-11,14H,2,12-13H2,1H3. The van der Waals surface area contributed by atoms with Gasteiger partial charge in [0, 0.05) is 35.3 Å². The van der Waals surface area contributed by atoms with Crippen LogP contribution < -0.4 is 4.90 Å². The molecule has 0 radical (unpaired) electrons. The molecule has 1 nitrogen and oxygen atoms in total. The van der Waals surface area contributed by atoms with Gasteiger partial charge in [-0.15, -0.1) is 11.8 Å². The summed E-state index contributed by atoms with van der Waals surface area (Å²) >= 11 is 2.00. The zero-order valence-corrected chi connectivity index (χ0v) is 12.1. The Hall–Kier alpha value is -1.41. The van der Waals surface area contributed by atoms with Crippen molar-refractivity contribution in [3.63, 3.8) is 0 Å².